The first-order valence-electron chi connectivity index (χ1n) is 11.4. The topological polar surface area (TPSA) is 76.0 Å². The lowest BCUT2D eigenvalue weighted by Crippen LogP contribution is -2.49. The summed E-state index contributed by atoms with van der Waals surface area (Å²) in [5.41, 5.74) is 6.68. The Hall–Kier alpha value is -1.28. The van der Waals surface area contributed by atoms with Crippen molar-refractivity contribution in [3.05, 3.63) is 53.1 Å². The summed E-state index contributed by atoms with van der Waals surface area (Å²) in [4.78, 5) is 0. The van der Waals surface area contributed by atoms with Crippen LogP contribution in [0.25, 0.3) is 0 Å². The first-order valence-corrected chi connectivity index (χ1v) is 11.4. The van der Waals surface area contributed by atoms with Crippen LogP contribution in [0.2, 0.25) is 0 Å². The van der Waals surface area contributed by atoms with E-state index in [1.807, 2.05) is 24.3 Å². The number of halogens is 2. The van der Waals surface area contributed by atoms with Crippen LogP contribution in [0.3, 0.4) is 0 Å². The molecule has 0 saturated carbocycles. The van der Waals surface area contributed by atoms with Crippen LogP contribution in [0.5, 0.6) is 17.2 Å². The summed E-state index contributed by atoms with van der Waals surface area (Å²) in [6, 6.07) is 11.5. The molecule has 0 saturated heterocycles. The molecule has 3 rings (SSSR count). The Labute approximate surface area is 213 Å². The first-order chi connectivity index (χ1) is 14.6. The number of rotatable bonds is 11. The molecule has 2 aromatic carbocycles. The summed E-state index contributed by atoms with van der Waals surface area (Å²) in [6.45, 7) is 4.11. The molecule has 1 aliphatic carbocycles. The van der Waals surface area contributed by atoms with Crippen LogP contribution in [0, 0.1) is 0 Å². The quantitative estimate of drug-likeness (QED) is 0.154. The molecule has 32 heavy (non-hydrogen) atoms. The van der Waals surface area contributed by atoms with Crippen LogP contribution in [-0.2, 0) is 19.3 Å². The highest BCUT2D eigenvalue weighted by Crippen LogP contribution is 2.36. The average molecular weight is 574 g/mol. The zero-order valence-corrected chi connectivity index (χ0v) is 22.4. The lowest BCUT2D eigenvalue weighted by Gasteiger charge is -2.36. The van der Waals surface area contributed by atoms with Gasteiger partial charge in [-0.05, 0) is 61.8 Å². The van der Waals surface area contributed by atoms with Crippen LogP contribution >= 0.6 is 34.0 Å². The molecule has 180 valence electrons. The predicted molar refractivity (Wildman–Crippen MR) is 142 cm³/mol. The first kappa shape index (κ1) is 28.8. The van der Waals surface area contributed by atoms with E-state index in [-0.39, 0.29) is 45.5 Å². The molecule has 0 spiro atoms. The van der Waals surface area contributed by atoms with Gasteiger partial charge in [-0.2, -0.15) is 0 Å². The molecule has 0 aliphatic heterocycles. The number of aromatic hydroxyl groups is 3. The third kappa shape index (κ3) is 7.94. The van der Waals surface area contributed by atoms with Crippen molar-refractivity contribution in [1.82, 2.24) is 10.4 Å². The van der Waals surface area contributed by atoms with E-state index in [2.05, 4.69) is 17.4 Å². The maximum absolute atomic E-state index is 10.2. The van der Waals surface area contributed by atoms with E-state index in [9.17, 15) is 15.3 Å². The smallest absolute Gasteiger partial charge is 0.160 e. The fraction of sp³-hybridized carbons (Fsp3) is 0.520. The number of hydrazine groups is 1. The molecule has 0 radical (unpaired) electrons. The lowest BCUT2D eigenvalue weighted by atomic mass is 9.87. The van der Waals surface area contributed by atoms with E-state index >= 15 is 0 Å². The van der Waals surface area contributed by atoms with Gasteiger partial charge in [-0.15, -0.1) is 34.0 Å². The number of para-hydroxylation sites is 1. The number of unbranched alkanes of at least 4 members (excludes halogenated alkanes) is 3. The van der Waals surface area contributed by atoms with Crippen molar-refractivity contribution in [3.8, 4) is 17.2 Å². The summed E-state index contributed by atoms with van der Waals surface area (Å²) in [5, 5.41) is 32.3. The van der Waals surface area contributed by atoms with Crippen molar-refractivity contribution < 1.29 is 15.3 Å². The second-order valence-electron chi connectivity index (χ2n) is 8.36. The number of hydrogen-bond acceptors (Lipinski definition) is 5. The maximum Gasteiger partial charge on any atom is 0.160 e. The summed E-state index contributed by atoms with van der Waals surface area (Å²) in [6.07, 6.45) is 9.34. The largest absolute Gasteiger partial charge is 0.508 e. The van der Waals surface area contributed by atoms with Crippen LogP contribution in [0.4, 0.5) is 0 Å². The Morgan fingerprint density at radius 1 is 0.938 bits per heavy atom. The van der Waals surface area contributed by atoms with Crippen LogP contribution in [0.15, 0.2) is 36.4 Å². The highest BCUT2D eigenvalue weighted by Gasteiger charge is 2.26. The number of nitrogens with one attached hydrogen (secondary N) is 1. The van der Waals surface area contributed by atoms with Gasteiger partial charge < -0.3 is 15.3 Å². The van der Waals surface area contributed by atoms with Gasteiger partial charge in [0.25, 0.3) is 0 Å². The van der Waals surface area contributed by atoms with E-state index in [0.717, 1.165) is 61.9 Å². The molecule has 5 nitrogen and oxygen atoms in total. The normalized spacial score (nSPS) is 15.0. The van der Waals surface area contributed by atoms with Crippen molar-refractivity contribution in [3.63, 3.8) is 0 Å². The molecule has 1 aliphatic rings. The number of hydrogen-bond donors (Lipinski definition) is 4. The van der Waals surface area contributed by atoms with Gasteiger partial charge in [-0.1, -0.05) is 50.5 Å². The SMILES string of the molecule is Br.Br.CCCCCCN(NCCCc1ccccc1O)C1CCc2c(ccc(O)c2O)C1. The molecule has 4 N–H and O–H groups in total. The van der Waals surface area contributed by atoms with Gasteiger partial charge in [0, 0.05) is 24.7 Å². The van der Waals surface area contributed by atoms with E-state index in [1.54, 1.807) is 12.1 Å². The van der Waals surface area contributed by atoms with Crippen LogP contribution < -0.4 is 5.43 Å². The summed E-state index contributed by atoms with van der Waals surface area (Å²) in [7, 11) is 0. The molecule has 0 heterocycles. The Kier molecular flexibility index (Phi) is 13.3. The van der Waals surface area contributed by atoms with Gasteiger partial charge in [0.15, 0.2) is 11.5 Å². The molecular formula is C25H38Br2N2O3. The third-order valence-corrected chi connectivity index (χ3v) is 6.16. The van der Waals surface area contributed by atoms with Gasteiger partial charge in [-0.3, -0.25) is 5.43 Å². The van der Waals surface area contributed by atoms with Crippen molar-refractivity contribution in [1.29, 1.82) is 0 Å². The van der Waals surface area contributed by atoms with Gasteiger partial charge >= 0.3 is 0 Å². The van der Waals surface area contributed by atoms with E-state index in [0.29, 0.717) is 11.8 Å². The van der Waals surface area contributed by atoms with E-state index in [4.69, 9.17) is 0 Å². The lowest BCUT2D eigenvalue weighted by molar-refractivity contribution is 0.108. The highest BCUT2D eigenvalue weighted by atomic mass is 79.9. The Morgan fingerprint density at radius 2 is 1.72 bits per heavy atom. The minimum absolute atomic E-state index is 0. The van der Waals surface area contributed by atoms with Crippen molar-refractivity contribution >= 4 is 34.0 Å². The third-order valence-electron chi connectivity index (χ3n) is 6.16. The van der Waals surface area contributed by atoms with E-state index < -0.39 is 0 Å². The van der Waals surface area contributed by atoms with Gasteiger partial charge in [0.2, 0.25) is 0 Å². The number of nitrogens with zero attached hydrogens (tertiary/aromatic N) is 1. The fourth-order valence-corrected chi connectivity index (χ4v) is 4.39. The number of aryl methyl sites for hydroxylation is 1. The summed E-state index contributed by atoms with van der Waals surface area (Å²) < 4.78 is 0. The second kappa shape index (κ2) is 14.8. The Bertz CT molecular complexity index is 820. The molecule has 1 unspecified atom stereocenters. The van der Waals surface area contributed by atoms with Crippen LogP contribution in [0.1, 0.15) is 62.1 Å². The molecule has 0 aromatic heterocycles. The van der Waals surface area contributed by atoms with Gasteiger partial charge in [0.05, 0.1) is 0 Å². The molecule has 2 aromatic rings. The molecule has 0 amide bonds. The Morgan fingerprint density at radius 3 is 2.47 bits per heavy atom. The van der Waals surface area contributed by atoms with Crippen molar-refractivity contribution in [2.24, 2.45) is 0 Å². The minimum Gasteiger partial charge on any atom is -0.508 e. The van der Waals surface area contributed by atoms with Crippen molar-refractivity contribution in [2.75, 3.05) is 13.1 Å². The van der Waals surface area contributed by atoms with Crippen LogP contribution in [-0.4, -0.2) is 39.5 Å². The molecule has 0 fully saturated rings. The molecular weight excluding hydrogens is 536 g/mol. The highest BCUT2D eigenvalue weighted by molar-refractivity contribution is 8.93. The number of phenolic OH excluding ortho intramolecular Hbond substituents is 3. The van der Waals surface area contributed by atoms with Gasteiger partial charge in [0.1, 0.15) is 5.75 Å². The average Bonchev–Trinajstić information content (AvgIpc) is 2.76. The monoisotopic (exact) mass is 572 g/mol. The number of benzene rings is 2. The molecule has 1 atom stereocenters. The number of fused-ring (bicyclic) bond motifs is 1. The maximum atomic E-state index is 10.2. The summed E-state index contributed by atoms with van der Waals surface area (Å²) in [5.74, 6) is 0.405. The second-order valence-corrected chi connectivity index (χ2v) is 8.36. The predicted octanol–water partition coefficient (Wildman–Crippen LogP) is 5.84. The Balaban J connectivity index is 0.00000256. The zero-order valence-electron chi connectivity index (χ0n) is 18.9. The minimum atomic E-state index is -0.0223. The molecule has 7 heteroatoms. The van der Waals surface area contributed by atoms with Crippen molar-refractivity contribution in [2.45, 2.75) is 70.8 Å². The summed E-state index contributed by atoms with van der Waals surface area (Å²) >= 11 is 0. The number of phenols is 3. The standard InChI is InChI=1S/C25H36N2O3.2BrH/c1-2-3-4-7-17-27(26-16-8-10-19-9-5-6-11-23(19)28)21-13-14-22-20(18-21)12-15-24(29)25(22)30;;/h5-6,9,11-12,15,21,26,28-30H,2-4,7-8,10,13-14,16-18H2,1H3;2*1H. The fourth-order valence-electron chi connectivity index (χ4n) is 4.39. The molecule has 0 bridgehead atoms. The zero-order chi connectivity index (χ0) is 21.3. The van der Waals surface area contributed by atoms with E-state index in [1.165, 1.54) is 25.7 Å². The van der Waals surface area contributed by atoms with Gasteiger partial charge in [-0.25, -0.2) is 5.01 Å².